The number of hydrogen-bond donors (Lipinski definition) is 1. The van der Waals surface area contributed by atoms with Crippen molar-refractivity contribution < 1.29 is 4.39 Å². The van der Waals surface area contributed by atoms with E-state index in [9.17, 15) is 4.39 Å². The van der Waals surface area contributed by atoms with Gasteiger partial charge in [-0.1, -0.05) is 25.4 Å². The second-order valence-electron chi connectivity index (χ2n) is 6.14. The Morgan fingerprint density at radius 2 is 2.21 bits per heavy atom. The number of nitrogens with zero attached hydrogens (tertiary/aromatic N) is 1. The van der Waals surface area contributed by atoms with Gasteiger partial charge in [0.05, 0.1) is 16.1 Å². The van der Waals surface area contributed by atoms with Gasteiger partial charge in [-0.15, -0.1) is 0 Å². The van der Waals surface area contributed by atoms with E-state index in [2.05, 4.69) is 23.4 Å². The summed E-state index contributed by atoms with van der Waals surface area (Å²) in [6, 6.07) is 3.46. The van der Waals surface area contributed by atoms with Gasteiger partial charge in [-0.05, 0) is 43.0 Å². The van der Waals surface area contributed by atoms with Crippen molar-refractivity contribution in [2.45, 2.75) is 39.2 Å². The third-order valence-electron chi connectivity index (χ3n) is 4.07. The van der Waals surface area contributed by atoms with E-state index in [0.717, 1.165) is 23.9 Å². The van der Waals surface area contributed by atoms with E-state index in [-0.39, 0.29) is 5.02 Å². The summed E-state index contributed by atoms with van der Waals surface area (Å²) < 4.78 is 16.2. The minimum atomic E-state index is -0.413. The van der Waals surface area contributed by atoms with Crippen LogP contribution in [0.25, 0.3) is 11.0 Å². The molecule has 1 unspecified atom stereocenters. The topological polar surface area (TPSA) is 20.7 Å². The van der Waals surface area contributed by atoms with Gasteiger partial charge in [0.15, 0.2) is 4.77 Å². The van der Waals surface area contributed by atoms with Crippen LogP contribution < -0.4 is 0 Å². The maximum Gasteiger partial charge on any atom is 0.178 e. The molecule has 1 N–H and O–H groups in total. The largest absolute Gasteiger partial charge is 0.330 e. The van der Waals surface area contributed by atoms with E-state index in [1.807, 2.05) is 0 Å². The molecule has 3 rings (SSSR count). The van der Waals surface area contributed by atoms with Crippen LogP contribution in [0.2, 0.25) is 5.02 Å². The lowest BCUT2D eigenvalue weighted by atomic mass is 9.92. The van der Waals surface area contributed by atoms with E-state index in [1.54, 1.807) is 6.07 Å². The van der Waals surface area contributed by atoms with Gasteiger partial charge in [-0.2, -0.15) is 0 Å². The van der Waals surface area contributed by atoms with Crippen molar-refractivity contribution in [2.24, 2.45) is 5.41 Å². The Morgan fingerprint density at radius 3 is 2.84 bits per heavy atom. The van der Waals surface area contributed by atoms with Gasteiger partial charge in [-0.25, -0.2) is 4.39 Å². The first kappa shape index (κ1) is 13.1. The summed E-state index contributed by atoms with van der Waals surface area (Å²) in [5.74, 6) is -0.413. The first-order chi connectivity index (χ1) is 8.87. The summed E-state index contributed by atoms with van der Waals surface area (Å²) in [7, 11) is 0. The maximum absolute atomic E-state index is 13.5. The molecule has 1 atom stereocenters. The van der Waals surface area contributed by atoms with Gasteiger partial charge >= 0.3 is 0 Å². The zero-order valence-electron chi connectivity index (χ0n) is 11.0. The average Bonchev–Trinajstić information content (AvgIpc) is 2.79. The van der Waals surface area contributed by atoms with Crippen molar-refractivity contribution >= 4 is 34.9 Å². The number of halogens is 2. The van der Waals surface area contributed by atoms with Crippen LogP contribution in [0, 0.1) is 16.0 Å². The molecule has 102 valence electrons. The van der Waals surface area contributed by atoms with Gasteiger partial charge in [-0.3, -0.25) is 0 Å². The summed E-state index contributed by atoms with van der Waals surface area (Å²) in [5, 5.41) is 0.146. The summed E-state index contributed by atoms with van der Waals surface area (Å²) in [4.78, 5) is 3.08. The third kappa shape index (κ3) is 2.21. The van der Waals surface area contributed by atoms with E-state index in [0.29, 0.717) is 16.2 Å². The number of nitrogens with one attached hydrogen (secondary N) is 1. The monoisotopic (exact) mass is 298 g/mol. The summed E-state index contributed by atoms with van der Waals surface area (Å²) >= 11 is 11.3. The Kier molecular flexibility index (Phi) is 2.98. The molecule has 2 nitrogen and oxygen atoms in total. The Morgan fingerprint density at radius 1 is 1.47 bits per heavy atom. The van der Waals surface area contributed by atoms with Gasteiger partial charge in [0.2, 0.25) is 0 Å². The highest BCUT2D eigenvalue weighted by atomic mass is 35.5. The molecule has 2 aromatic rings. The van der Waals surface area contributed by atoms with Gasteiger partial charge in [0.1, 0.15) is 5.82 Å². The molecule has 5 heteroatoms. The highest BCUT2D eigenvalue weighted by Gasteiger charge is 2.33. The normalized spacial score (nSPS) is 22.2. The van der Waals surface area contributed by atoms with Crippen molar-refractivity contribution in [1.82, 2.24) is 9.55 Å². The van der Waals surface area contributed by atoms with Crippen LogP contribution in [0.4, 0.5) is 4.39 Å². The number of benzene rings is 1. The number of hydrogen-bond acceptors (Lipinski definition) is 1. The van der Waals surface area contributed by atoms with Crippen LogP contribution in [0.3, 0.4) is 0 Å². The molecule has 1 aliphatic rings. The van der Waals surface area contributed by atoms with Crippen LogP contribution in [0.5, 0.6) is 0 Å². The Bertz CT molecular complexity index is 701. The standard InChI is InChI=1S/C14H16ClFN2S/c1-14(2)4-3-8(7-14)18-12-5-9(15)10(16)6-11(12)17-13(18)19/h5-6,8H,3-4,7H2,1-2H3,(H,17,19). The number of imidazole rings is 1. The Hall–Kier alpha value is -0.870. The molecule has 0 saturated heterocycles. The molecule has 1 aliphatic carbocycles. The lowest BCUT2D eigenvalue weighted by Gasteiger charge is -2.18. The highest BCUT2D eigenvalue weighted by molar-refractivity contribution is 7.71. The maximum atomic E-state index is 13.5. The van der Waals surface area contributed by atoms with E-state index >= 15 is 0 Å². The summed E-state index contributed by atoms with van der Waals surface area (Å²) in [6.07, 6.45) is 3.37. The Balaban J connectivity index is 2.16. The number of aromatic nitrogens is 2. The molecular weight excluding hydrogens is 283 g/mol. The van der Waals surface area contributed by atoms with Crippen LogP contribution in [-0.4, -0.2) is 9.55 Å². The van der Waals surface area contributed by atoms with Crippen LogP contribution in [-0.2, 0) is 0 Å². The summed E-state index contributed by atoms with van der Waals surface area (Å²) in [5.41, 5.74) is 1.96. The quantitative estimate of drug-likeness (QED) is 0.714. The zero-order chi connectivity index (χ0) is 13.8. The van der Waals surface area contributed by atoms with Crippen molar-refractivity contribution in [1.29, 1.82) is 0 Å². The average molecular weight is 299 g/mol. The number of fused-ring (bicyclic) bond motifs is 1. The van der Waals surface area contributed by atoms with Gasteiger partial charge in [0, 0.05) is 12.1 Å². The molecule has 1 saturated carbocycles. The van der Waals surface area contributed by atoms with E-state index < -0.39 is 5.82 Å². The molecule has 1 fully saturated rings. The smallest absolute Gasteiger partial charge is 0.178 e. The first-order valence-electron chi connectivity index (χ1n) is 6.47. The second-order valence-corrected chi connectivity index (χ2v) is 6.94. The molecule has 0 radical (unpaired) electrons. The van der Waals surface area contributed by atoms with Crippen molar-refractivity contribution in [2.75, 3.05) is 0 Å². The fourth-order valence-corrected chi connectivity index (χ4v) is 3.62. The number of H-pyrrole nitrogens is 1. The lowest BCUT2D eigenvalue weighted by molar-refractivity contribution is 0.360. The molecule has 19 heavy (non-hydrogen) atoms. The predicted molar refractivity (Wildman–Crippen MR) is 78.8 cm³/mol. The SMILES string of the molecule is CC1(C)CCC(n2c(=S)[nH]c3cc(F)c(Cl)cc32)C1. The second kappa shape index (κ2) is 4.32. The molecule has 1 aromatic heterocycles. The van der Waals surface area contributed by atoms with E-state index in [1.165, 1.54) is 12.5 Å². The molecule has 1 aromatic carbocycles. The summed E-state index contributed by atoms with van der Waals surface area (Å²) in [6.45, 7) is 4.55. The molecule has 0 spiro atoms. The van der Waals surface area contributed by atoms with Crippen LogP contribution in [0.1, 0.15) is 39.2 Å². The van der Waals surface area contributed by atoms with Crippen molar-refractivity contribution in [3.63, 3.8) is 0 Å². The molecule has 0 bridgehead atoms. The van der Waals surface area contributed by atoms with Gasteiger partial charge < -0.3 is 9.55 Å². The third-order valence-corrected chi connectivity index (χ3v) is 4.65. The minimum absolute atomic E-state index is 0.146. The Labute approximate surface area is 121 Å². The fourth-order valence-electron chi connectivity index (χ4n) is 3.10. The highest BCUT2D eigenvalue weighted by Crippen LogP contribution is 2.44. The van der Waals surface area contributed by atoms with E-state index in [4.69, 9.17) is 23.8 Å². The van der Waals surface area contributed by atoms with Gasteiger partial charge in [0.25, 0.3) is 0 Å². The molecule has 0 aliphatic heterocycles. The zero-order valence-corrected chi connectivity index (χ0v) is 12.5. The molecular formula is C14H16ClFN2S. The first-order valence-corrected chi connectivity index (χ1v) is 7.25. The number of aromatic amines is 1. The lowest BCUT2D eigenvalue weighted by Crippen LogP contribution is -2.09. The van der Waals surface area contributed by atoms with Crippen LogP contribution >= 0.6 is 23.8 Å². The van der Waals surface area contributed by atoms with Crippen LogP contribution in [0.15, 0.2) is 12.1 Å². The number of rotatable bonds is 1. The minimum Gasteiger partial charge on any atom is -0.330 e. The predicted octanol–water partition coefficient (Wildman–Crippen LogP) is 5.24. The molecule has 0 amide bonds. The fraction of sp³-hybridized carbons (Fsp3) is 0.500. The van der Waals surface area contributed by atoms with Crippen molar-refractivity contribution in [3.8, 4) is 0 Å². The van der Waals surface area contributed by atoms with Crippen molar-refractivity contribution in [3.05, 3.63) is 27.7 Å². The molecule has 1 heterocycles.